The average Bonchev–Trinajstić information content (AvgIpc) is 3.06. The minimum Gasteiger partial charge on any atom is -0.483 e. The van der Waals surface area contributed by atoms with Crippen LogP contribution in [0, 0.1) is 0 Å². The number of hydrogen-bond acceptors (Lipinski definition) is 5. The van der Waals surface area contributed by atoms with Gasteiger partial charge < -0.3 is 19.5 Å². The molecule has 0 unspecified atom stereocenters. The van der Waals surface area contributed by atoms with Crippen LogP contribution in [0.5, 0.6) is 17.2 Å². The maximum absolute atomic E-state index is 11.8. The number of fused-ring (bicyclic) bond motifs is 1. The zero-order chi connectivity index (χ0) is 16.1. The van der Waals surface area contributed by atoms with Gasteiger partial charge in [-0.15, -0.1) is 0 Å². The lowest BCUT2D eigenvalue weighted by Crippen LogP contribution is -2.28. The summed E-state index contributed by atoms with van der Waals surface area (Å²) < 4.78 is 15.9. The van der Waals surface area contributed by atoms with Gasteiger partial charge in [0.2, 0.25) is 6.79 Å². The van der Waals surface area contributed by atoms with Crippen molar-refractivity contribution in [1.29, 1.82) is 0 Å². The van der Waals surface area contributed by atoms with Crippen LogP contribution in [0.3, 0.4) is 0 Å². The van der Waals surface area contributed by atoms with Gasteiger partial charge in [-0.1, -0.05) is 18.2 Å². The average molecular weight is 313 g/mol. The fraction of sp³-hybridized carbons (Fsp3) is 0.176. The van der Waals surface area contributed by atoms with Crippen LogP contribution >= 0.6 is 0 Å². The Morgan fingerprint density at radius 3 is 2.87 bits per heavy atom. The predicted molar refractivity (Wildman–Crippen MR) is 81.7 cm³/mol. The van der Waals surface area contributed by atoms with Crippen LogP contribution < -0.4 is 19.5 Å². The largest absolute Gasteiger partial charge is 0.483 e. The Balaban J connectivity index is 1.51. The van der Waals surface area contributed by atoms with E-state index < -0.39 is 0 Å². The highest BCUT2D eigenvalue weighted by atomic mass is 16.7. The molecule has 23 heavy (non-hydrogen) atoms. The van der Waals surface area contributed by atoms with Crippen LogP contribution in [0.4, 0.5) is 0 Å². The van der Waals surface area contributed by atoms with Gasteiger partial charge in [-0.3, -0.25) is 9.59 Å². The number of nitrogens with one attached hydrogen (secondary N) is 1. The Bertz CT molecular complexity index is 729. The number of benzene rings is 2. The second kappa shape index (κ2) is 6.83. The first kappa shape index (κ1) is 14.9. The standard InChI is InChI=1S/C17H15NO5/c19-9-13-3-1-2-4-14(13)21-10-17(20)18-8-12-5-6-15-16(7-12)23-11-22-15/h1-7,9H,8,10-11H2,(H,18,20). The van der Waals surface area contributed by atoms with Crippen LogP contribution in [0.2, 0.25) is 0 Å². The minimum absolute atomic E-state index is 0.157. The number of aldehydes is 1. The van der Waals surface area contributed by atoms with Crippen molar-refractivity contribution in [3.8, 4) is 17.2 Å². The maximum atomic E-state index is 11.8. The summed E-state index contributed by atoms with van der Waals surface area (Å²) in [7, 11) is 0. The predicted octanol–water partition coefficient (Wildman–Crippen LogP) is 1.92. The van der Waals surface area contributed by atoms with Crippen molar-refractivity contribution >= 4 is 12.2 Å². The number of amides is 1. The van der Waals surface area contributed by atoms with Crippen molar-refractivity contribution in [3.63, 3.8) is 0 Å². The molecule has 0 saturated carbocycles. The van der Waals surface area contributed by atoms with Gasteiger partial charge in [-0.05, 0) is 29.8 Å². The molecular formula is C17H15NO5. The Kier molecular flexibility index (Phi) is 4.42. The Morgan fingerprint density at radius 1 is 1.17 bits per heavy atom. The summed E-state index contributed by atoms with van der Waals surface area (Å²) in [5, 5.41) is 2.75. The molecule has 0 spiro atoms. The topological polar surface area (TPSA) is 73.9 Å². The van der Waals surface area contributed by atoms with Crippen LogP contribution in [0.15, 0.2) is 42.5 Å². The summed E-state index contributed by atoms with van der Waals surface area (Å²) in [6.07, 6.45) is 0.694. The van der Waals surface area contributed by atoms with Crippen molar-refractivity contribution in [2.45, 2.75) is 6.54 Å². The minimum atomic E-state index is -0.275. The molecule has 1 N–H and O–H groups in total. The van der Waals surface area contributed by atoms with E-state index in [1.807, 2.05) is 12.1 Å². The van der Waals surface area contributed by atoms with Crippen LogP contribution in [-0.4, -0.2) is 25.6 Å². The summed E-state index contributed by atoms with van der Waals surface area (Å²) in [6, 6.07) is 12.2. The molecule has 1 aliphatic rings. The molecule has 0 saturated heterocycles. The van der Waals surface area contributed by atoms with Crippen LogP contribution in [0.1, 0.15) is 15.9 Å². The Hall–Kier alpha value is -3.02. The molecular weight excluding hydrogens is 298 g/mol. The molecule has 6 heteroatoms. The lowest BCUT2D eigenvalue weighted by atomic mass is 10.2. The molecule has 0 bridgehead atoms. The first-order valence-corrected chi connectivity index (χ1v) is 7.08. The molecule has 1 heterocycles. The highest BCUT2D eigenvalue weighted by Gasteiger charge is 2.13. The van der Waals surface area contributed by atoms with Gasteiger partial charge in [0.05, 0.1) is 5.56 Å². The molecule has 1 aliphatic heterocycles. The Morgan fingerprint density at radius 2 is 2.00 bits per heavy atom. The number of carbonyl (C=O) groups is 2. The van der Waals surface area contributed by atoms with Gasteiger partial charge in [-0.25, -0.2) is 0 Å². The number of carbonyl (C=O) groups excluding carboxylic acids is 2. The van der Waals surface area contributed by atoms with E-state index in [1.54, 1.807) is 30.3 Å². The normalized spacial score (nSPS) is 11.8. The van der Waals surface area contributed by atoms with E-state index >= 15 is 0 Å². The van der Waals surface area contributed by atoms with Gasteiger partial charge in [0.25, 0.3) is 5.91 Å². The zero-order valence-electron chi connectivity index (χ0n) is 12.3. The van der Waals surface area contributed by atoms with Crippen molar-refractivity contribution in [1.82, 2.24) is 5.32 Å². The highest BCUT2D eigenvalue weighted by Crippen LogP contribution is 2.32. The second-order valence-corrected chi connectivity index (χ2v) is 4.91. The van der Waals surface area contributed by atoms with Gasteiger partial charge in [-0.2, -0.15) is 0 Å². The van der Waals surface area contributed by atoms with Crippen molar-refractivity contribution in [2.75, 3.05) is 13.4 Å². The van der Waals surface area contributed by atoms with E-state index in [9.17, 15) is 9.59 Å². The zero-order valence-corrected chi connectivity index (χ0v) is 12.3. The molecule has 2 aromatic rings. The molecule has 118 valence electrons. The Labute approximate surface area is 133 Å². The summed E-state index contributed by atoms with van der Waals surface area (Å²) >= 11 is 0. The van der Waals surface area contributed by atoms with E-state index in [1.165, 1.54) is 0 Å². The summed E-state index contributed by atoms with van der Waals surface area (Å²) in [6.45, 7) is 0.415. The smallest absolute Gasteiger partial charge is 0.258 e. The van der Waals surface area contributed by atoms with E-state index in [4.69, 9.17) is 14.2 Å². The molecule has 0 aliphatic carbocycles. The molecule has 6 nitrogen and oxygen atoms in total. The molecule has 2 aromatic carbocycles. The third-order valence-electron chi connectivity index (χ3n) is 3.33. The van der Waals surface area contributed by atoms with Gasteiger partial charge in [0, 0.05) is 6.54 Å². The second-order valence-electron chi connectivity index (χ2n) is 4.91. The van der Waals surface area contributed by atoms with Crippen molar-refractivity contribution in [2.24, 2.45) is 0 Å². The van der Waals surface area contributed by atoms with Gasteiger partial charge in [0.15, 0.2) is 24.4 Å². The molecule has 1 amide bonds. The van der Waals surface area contributed by atoms with Gasteiger partial charge in [0.1, 0.15) is 5.75 Å². The number of para-hydroxylation sites is 1. The van der Waals surface area contributed by atoms with E-state index in [0.717, 1.165) is 5.56 Å². The van der Waals surface area contributed by atoms with Crippen LogP contribution in [0.25, 0.3) is 0 Å². The van der Waals surface area contributed by atoms with Crippen molar-refractivity contribution < 1.29 is 23.8 Å². The first-order chi connectivity index (χ1) is 11.3. The first-order valence-electron chi connectivity index (χ1n) is 7.08. The summed E-state index contributed by atoms with van der Waals surface area (Å²) in [4.78, 5) is 22.7. The van der Waals surface area contributed by atoms with Crippen LogP contribution in [-0.2, 0) is 11.3 Å². The quantitative estimate of drug-likeness (QED) is 0.825. The molecule has 0 atom stereocenters. The van der Waals surface area contributed by atoms with E-state index in [0.29, 0.717) is 35.6 Å². The molecule has 0 fully saturated rings. The lowest BCUT2D eigenvalue weighted by molar-refractivity contribution is -0.123. The van der Waals surface area contributed by atoms with E-state index in [-0.39, 0.29) is 19.3 Å². The highest BCUT2D eigenvalue weighted by molar-refractivity contribution is 5.80. The molecule has 0 aromatic heterocycles. The van der Waals surface area contributed by atoms with Crippen molar-refractivity contribution in [3.05, 3.63) is 53.6 Å². The maximum Gasteiger partial charge on any atom is 0.258 e. The molecule has 0 radical (unpaired) electrons. The number of rotatable bonds is 6. The lowest BCUT2D eigenvalue weighted by Gasteiger charge is -2.09. The third kappa shape index (κ3) is 3.60. The number of hydrogen-bond donors (Lipinski definition) is 1. The van der Waals surface area contributed by atoms with E-state index in [2.05, 4.69) is 5.32 Å². The monoisotopic (exact) mass is 313 g/mol. The SMILES string of the molecule is O=Cc1ccccc1OCC(=O)NCc1ccc2c(c1)OCO2. The summed E-state index contributed by atoms with van der Waals surface area (Å²) in [5.41, 5.74) is 1.31. The summed E-state index contributed by atoms with van der Waals surface area (Å²) in [5.74, 6) is 1.49. The fourth-order valence-corrected chi connectivity index (χ4v) is 2.16. The van der Waals surface area contributed by atoms with Gasteiger partial charge >= 0.3 is 0 Å². The third-order valence-corrected chi connectivity index (χ3v) is 3.33. The molecule has 3 rings (SSSR count). The fourth-order valence-electron chi connectivity index (χ4n) is 2.16. The number of ether oxygens (including phenoxy) is 3.